The third-order valence-corrected chi connectivity index (χ3v) is 3.29. The topological polar surface area (TPSA) is 122 Å². The largest absolute Gasteiger partial charge is 0.678 e. The maximum Gasteiger partial charge on any atom is -0.0424 e. The summed E-state index contributed by atoms with van der Waals surface area (Å²) < 4.78 is 0. The van der Waals surface area contributed by atoms with E-state index in [9.17, 15) is 0 Å². The minimum atomic E-state index is -0.833. The van der Waals surface area contributed by atoms with Crippen LogP contribution in [0.3, 0.4) is 0 Å². The van der Waals surface area contributed by atoms with Gasteiger partial charge in [-0.15, -0.1) is 5.54 Å². The Labute approximate surface area is 141 Å². The molecule has 0 radical (unpaired) electrons. The van der Waals surface area contributed by atoms with Gasteiger partial charge in [0.1, 0.15) is 0 Å². The van der Waals surface area contributed by atoms with Crippen molar-refractivity contribution in [3.63, 3.8) is 0 Å². The third kappa shape index (κ3) is 12.4. The zero-order valence-corrected chi connectivity index (χ0v) is 15.8. The first-order valence-electron chi connectivity index (χ1n) is 6.24. The second-order valence-electron chi connectivity index (χ2n) is 5.00. The van der Waals surface area contributed by atoms with E-state index < -0.39 is 28.4 Å². The van der Waals surface area contributed by atoms with Gasteiger partial charge in [-0.1, -0.05) is 25.2 Å². The van der Waals surface area contributed by atoms with Gasteiger partial charge in [0.05, 0.1) is 0 Å². The summed E-state index contributed by atoms with van der Waals surface area (Å²) in [4.78, 5) is 18.0. The Kier molecular flexibility index (Phi) is 14.1. The van der Waals surface area contributed by atoms with E-state index in [2.05, 4.69) is 0 Å². The molecule has 2 aliphatic rings. The summed E-state index contributed by atoms with van der Waals surface area (Å²) in [7, 11) is 9.75. The van der Waals surface area contributed by atoms with E-state index >= 15 is 0 Å². The van der Waals surface area contributed by atoms with Crippen LogP contribution in [0.1, 0.15) is 39.5 Å². The first-order chi connectivity index (χ1) is 9.62. The number of rotatable bonds is 1. The van der Waals surface area contributed by atoms with Gasteiger partial charge in [0.25, 0.3) is 11.9 Å². The predicted molar refractivity (Wildman–Crippen MR) is 80.0 cm³/mol. The summed E-state index contributed by atoms with van der Waals surface area (Å²) in [6, 6.07) is 0. The standard InChI is InChI=1S/C8H14N2.2C2H4O2.2ClH.Pt/c9-5-8(10)4-6-1-2-7(8)3-6;2*1-2(3)4;;;/h6-7,9-10H,1-5H2;2*1H3,(H,3,4);2*1H;/q-2;;;;;+4/p-2. The average Bonchev–Trinajstić information content (AvgIpc) is 2.88. The Bertz CT molecular complexity index is 304. The molecule has 9 heteroatoms. The summed E-state index contributed by atoms with van der Waals surface area (Å²) in [6.45, 7) is 2.49. The van der Waals surface area contributed by atoms with Gasteiger partial charge in [-0.3, -0.25) is 9.59 Å². The van der Waals surface area contributed by atoms with Gasteiger partial charge in [-0.25, -0.2) is 0 Å². The van der Waals surface area contributed by atoms with Crippen LogP contribution in [0, 0.1) is 11.8 Å². The molecule has 0 aromatic rings. The van der Waals surface area contributed by atoms with E-state index in [1.165, 1.54) is 19.3 Å². The summed E-state index contributed by atoms with van der Waals surface area (Å²) >= 11 is -0.472. The van der Waals surface area contributed by atoms with Gasteiger partial charge in [0.15, 0.2) is 0 Å². The van der Waals surface area contributed by atoms with Crippen molar-refractivity contribution < 1.29 is 36.3 Å². The van der Waals surface area contributed by atoms with Crippen LogP contribution in [0.15, 0.2) is 0 Å². The zero-order valence-electron chi connectivity index (χ0n) is 12.0. The number of hydrogen-bond donors (Lipinski definition) is 2. The van der Waals surface area contributed by atoms with Crippen LogP contribution in [-0.4, -0.2) is 34.2 Å². The van der Waals surface area contributed by atoms with Crippen LogP contribution < -0.4 is 0 Å². The molecule has 21 heavy (non-hydrogen) atoms. The van der Waals surface area contributed by atoms with Crippen LogP contribution in [-0.2, 0) is 26.1 Å². The second-order valence-corrected chi connectivity index (χ2v) is 8.28. The Morgan fingerprint density at radius 3 is 1.76 bits per heavy atom. The molecule has 0 aromatic carbocycles. The van der Waals surface area contributed by atoms with Gasteiger partial charge in [-0.2, -0.15) is 6.54 Å². The number of aliphatic carboxylic acids is 2. The van der Waals surface area contributed by atoms with Crippen molar-refractivity contribution in [2.75, 3.05) is 6.54 Å². The van der Waals surface area contributed by atoms with E-state index in [1.54, 1.807) is 0 Å². The van der Waals surface area contributed by atoms with E-state index in [0.717, 1.165) is 26.2 Å². The maximum absolute atomic E-state index is 9.00. The van der Waals surface area contributed by atoms with Crippen LogP contribution >= 0.6 is 18.8 Å². The molecule has 6 nitrogen and oxygen atoms in total. The van der Waals surface area contributed by atoms with E-state index in [4.69, 9.17) is 50.1 Å². The fraction of sp³-hybridized carbons (Fsp3) is 0.833. The molecule has 0 amide bonds. The molecule has 2 bridgehead atoms. The molecule has 2 saturated carbocycles. The Balaban J connectivity index is 0. The molecule has 128 valence electrons. The fourth-order valence-corrected chi connectivity index (χ4v) is 2.66. The van der Waals surface area contributed by atoms with Crippen LogP contribution in [0.5, 0.6) is 0 Å². The van der Waals surface area contributed by atoms with Crippen molar-refractivity contribution in [2.45, 2.75) is 45.1 Å². The monoisotopic (exact) mass is 523 g/mol. The minimum Gasteiger partial charge on any atom is -0.678 e. The SMILES string of the molecule is CC(=O)O.CC(=O)O.[Cl][Pt+2][Cl].[NH-]CC1([NH-])CC2CCC1C2. The number of carbonyl (C=O) groups is 2. The first kappa shape index (κ1) is 23.4. The summed E-state index contributed by atoms with van der Waals surface area (Å²) in [5, 5.41) is 14.8. The van der Waals surface area contributed by atoms with Gasteiger partial charge in [0, 0.05) is 13.8 Å². The molecule has 3 atom stereocenters. The number of fused-ring (bicyclic) bond motifs is 2. The molecule has 0 aliphatic heterocycles. The molecule has 0 aromatic heterocycles. The molecule has 4 N–H and O–H groups in total. The van der Waals surface area contributed by atoms with Gasteiger partial charge in [0.2, 0.25) is 0 Å². The number of halogens is 2. The molecule has 3 unspecified atom stereocenters. The molecule has 2 rings (SSSR count). The number of carboxylic acid groups (broad SMARTS) is 2. The normalized spacial score (nSPS) is 28.3. The fourth-order valence-electron chi connectivity index (χ4n) is 2.66. The summed E-state index contributed by atoms with van der Waals surface area (Å²) in [6.07, 6.45) is 4.84. The molecule has 2 aliphatic carbocycles. The Morgan fingerprint density at radius 1 is 1.24 bits per heavy atom. The molecule has 0 heterocycles. The molecule has 2 fully saturated rings. The van der Waals surface area contributed by atoms with E-state index in [0.29, 0.717) is 12.5 Å². The van der Waals surface area contributed by atoms with E-state index in [-0.39, 0.29) is 5.54 Å². The quantitative estimate of drug-likeness (QED) is 0.534. The second kappa shape index (κ2) is 12.7. The van der Waals surface area contributed by atoms with Crippen molar-refractivity contribution >= 4 is 30.8 Å². The zero-order chi connectivity index (χ0) is 17.1. The van der Waals surface area contributed by atoms with E-state index in [1.807, 2.05) is 0 Å². The van der Waals surface area contributed by atoms with Crippen molar-refractivity contribution in [3.8, 4) is 0 Å². The molecular formula is C12H22Cl2N2O4Pt. The third-order valence-electron chi connectivity index (χ3n) is 3.29. The van der Waals surface area contributed by atoms with Gasteiger partial charge in [-0.05, 0) is 12.3 Å². The smallest absolute Gasteiger partial charge is 0.0424 e. The Morgan fingerprint density at radius 2 is 1.62 bits per heavy atom. The van der Waals surface area contributed by atoms with Crippen molar-refractivity contribution in [1.29, 1.82) is 0 Å². The van der Waals surface area contributed by atoms with Crippen molar-refractivity contribution in [2.24, 2.45) is 11.8 Å². The van der Waals surface area contributed by atoms with Crippen LogP contribution in [0.25, 0.3) is 11.5 Å². The van der Waals surface area contributed by atoms with Crippen LogP contribution in [0.2, 0.25) is 0 Å². The minimum absolute atomic E-state index is 0.328. The van der Waals surface area contributed by atoms with Crippen molar-refractivity contribution in [1.82, 2.24) is 0 Å². The number of nitrogens with one attached hydrogen (secondary N) is 2. The maximum atomic E-state index is 9.00. The summed E-state index contributed by atoms with van der Waals surface area (Å²) in [5.74, 6) is -0.275. The van der Waals surface area contributed by atoms with Crippen molar-refractivity contribution in [3.05, 3.63) is 11.5 Å². The number of carboxylic acids is 2. The molecular weight excluding hydrogens is 502 g/mol. The molecule has 0 saturated heterocycles. The van der Waals surface area contributed by atoms with Gasteiger partial charge >= 0.3 is 35.3 Å². The number of hydrogen-bond acceptors (Lipinski definition) is 2. The van der Waals surface area contributed by atoms with Crippen LogP contribution in [0.4, 0.5) is 0 Å². The predicted octanol–water partition coefficient (Wildman–Crippen LogP) is 4.21. The molecule has 0 spiro atoms. The average molecular weight is 524 g/mol. The first-order valence-corrected chi connectivity index (χ1v) is 11.9. The summed E-state index contributed by atoms with van der Waals surface area (Å²) in [5.41, 5.74) is 14.9. The van der Waals surface area contributed by atoms with Gasteiger partial charge < -0.3 is 21.7 Å². The Hall–Kier alpha value is 0.128.